The van der Waals surface area contributed by atoms with Gasteiger partial charge in [-0.1, -0.05) is 6.92 Å². The molecule has 0 aliphatic heterocycles. The Morgan fingerprint density at radius 2 is 1.88 bits per heavy atom. The van der Waals surface area contributed by atoms with E-state index in [1.165, 1.54) is 6.42 Å². The highest BCUT2D eigenvalue weighted by molar-refractivity contribution is 4.93. The molecule has 1 saturated carbocycles. The summed E-state index contributed by atoms with van der Waals surface area (Å²) in [6.45, 7) is 5.96. The molecule has 0 radical (unpaired) electrons. The molecule has 2 unspecified atom stereocenters. The van der Waals surface area contributed by atoms with Crippen molar-refractivity contribution in [3.8, 4) is 0 Å². The summed E-state index contributed by atoms with van der Waals surface area (Å²) in [5, 5.41) is 9.33. The summed E-state index contributed by atoms with van der Waals surface area (Å²) < 4.78 is 0. The molecule has 1 fully saturated rings. The second-order valence-corrected chi connectivity index (χ2v) is 3.47. The highest BCUT2D eigenvalue weighted by Crippen LogP contribution is 2.45. The summed E-state index contributed by atoms with van der Waals surface area (Å²) in [5.74, 6) is 1.33. The molecule has 1 heteroatoms. The van der Waals surface area contributed by atoms with Gasteiger partial charge in [-0.3, -0.25) is 0 Å². The summed E-state index contributed by atoms with van der Waals surface area (Å²) in [7, 11) is 0. The maximum Gasteiger partial charge on any atom is 0.0622 e. The van der Waals surface area contributed by atoms with Crippen LogP contribution in [0.1, 0.15) is 27.2 Å². The second-order valence-electron chi connectivity index (χ2n) is 3.47. The van der Waals surface area contributed by atoms with E-state index in [0.717, 1.165) is 5.92 Å². The Balaban J connectivity index is 2.39. The standard InChI is InChI=1S/C7H14O/c1-5-4-6(5)7(2,3)8/h5-6,8H,4H2,1-3H3. The molecule has 1 N–H and O–H groups in total. The minimum absolute atomic E-state index is 0.417. The van der Waals surface area contributed by atoms with Crippen LogP contribution >= 0.6 is 0 Å². The Morgan fingerprint density at radius 1 is 1.50 bits per heavy atom. The summed E-state index contributed by atoms with van der Waals surface area (Å²) in [4.78, 5) is 0. The molecule has 1 nitrogen and oxygen atoms in total. The lowest BCUT2D eigenvalue weighted by Gasteiger charge is -2.15. The van der Waals surface area contributed by atoms with Crippen molar-refractivity contribution in [2.24, 2.45) is 11.8 Å². The van der Waals surface area contributed by atoms with Crippen LogP contribution in [0.25, 0.3) is 0 Å². The van der Waals surface area contributed by atoms with Gasteiger partial charge in [0.2, 0.25) is 0 Å². The van der Waals surface area contributed by atoms with Crippen molar-refractivity contribution in [1.29, 1.82) is 0 Å². The minimum atomic E-state index is -0.417. The van der Waals surface area contributed by atoms with Crippen LogP contribution in [0, 0.1) is 11.8 Å². The number of rotatable bonds is 1. The van der Waals surface area contributed by atoms with E-state index in [-0.39, 0.29) is 0 Å². The Kier molecular flexibility index (Phi) is 1.12. The summed E-state index contributed by atoms with van der Waals surface area (Å²) in [6.07, 6.45) is 1.21. The first-order valence-corrected chi connectivity index (χ1v) is 3.24. The molecule has 8 heavy (non-hydrogen) atoms. The molecule has 1 rings (SSSR count). The van der Waals surface area contributed by atoms with Gasteiger partial charge in [0.1, 0.15) is 0 Å². The van der Waals surface area contributed by atoms with Gasteiger partial charge in [-0.05, 0) is 32.1 Å². The lowest BCUT2D eigenvalue weighted by molar-refractivity contribution is 0.0520. The third-order valence-electron chi connectivity index (χ3n) is 2.02. The lowest BCUT2D eigenvalue weighted by Crippen LogP contribution is -2.22. The summed E-state index contributed by atoms with van der Waals surface area (Å²) in [6, 6.07) is 0. The molecule has 0 bridgehead atoms. The summed E-state index contributed by atoms with van der Waals surface area (Å²) >= 11 is 0. The predicted molar refractivity (Wildman–Crippen MR) is 33.6 cm³/mol. The van der Waals surface area contributed by atoms with Gasteiger partial charge in [-0.25, -0.2) is 0 Å². The zero-order valence-electron chi connectivity index (χ0n) is 5.81. The molecule has 0 heterocycles. The van der Waals surface area contributed by atoms with Gasteiger partial charge < -0.3 is 5.11 Å². The van der Waals surface area contributed by atoms with Crippen LogP contribution in [0.4, 0.5) is 0 Å². The van der Waals surface area contributed by atoms with Gasteiger partial charge in [-0.2, -0.15) is 0 Å². The van der Waals surface area contributed by atoms with Crippen molar-refractivity contribution in [3.05, 3.63) is 0 Å². The van der Waals surface area contributed by atoms with E-state index < -0.39 is 5.60 Å². The average Bonchev–Trinajstić information content (AvgIpc) is 2.13. The summed E-state index contributed by atoms with van der Waals surface area (Å²) in [5.41, 5.74) is -0.417. The normalized spacial score (nSPS) is 37.5. The van der Waals surface area contributed by atoms with Gasteiger partial charge >= 0.3 is 0 Å². The highest BCUT2D eigenvalue weighted by atomic mass is 16.3. The molecular weight excluding hydrogens is 100 g/mol. The molecule has 1 aliphatic rings. The highest BCUT2D eigenvalue weighted by Gasteiger charge is 2.43. The van der Waals surface area contributed by atoms with Crippen LogP contribution in [-0.4, -0.2) is 10.7 Å². The smallest absolute Gasteiger partial charge is 0.0622 e. The monoisotopic (exact) mass is 114 g/mol. The van der Waals surface area contributed by atoms with Crippen LogP contribution in [-0.2, 0) is 0 Å². The van der Waals surface area contributed by atoms with E-state index >= 15 is 0 Å². The van der Waals surface area contributed by atoms with Crippen molar-refractivity contribution >= 4 is 0 Å². The van der Waals surface area contributed by atoms with Gasteiger partial charge in [0.05, 0.1) is 5.60 Å². The van der Waals surface area contributed by atoms with Gasteiger partial charge in [0, 0.05) is 0 Å². The fourth-order valence-electron chi connectivity index (χ4n) is 1.31. The van der Waals surface area contributed by atoms with E-state index in [4.69, 9.17) is 0 Å². The Hall–Kier alpha value is -0.0400. The molecule has 0 spiro atoms. The fourth-order valence-corrected chi connectivity index (χ4v) is 1.31. The van der Waals surface area contributed by atoms with Crippen molar-refractivity contribution < 1.29 is 5.11 Å². The average molecular weight is 114 g/mol. The van der Waals surface area contributed by atoms with Crippen molar-refractivity contribution in [2.45, 2.75) is 32.8 Å². The van der Waals surface area contributed by atoms with Crippen LogP contribution in [0.15, 0.2) is 0 Å². The van der Waals surface area contributed by atoms with Crippen LogP contribution in [0.3, 0.4) is 0 Å². The van der Waals surface area contributed by atoms with Crippen molar-refractivity contribution in [2.75, 3.05) is 0 Å². The number of hydrogen-bond donors (Lipinski definition) is 1. The van der Waals surface area contributed by atoms with Crippen molar-refractivity contribution in [1.82, 2.24) is 0 Å². The Labute approximate surface area is 50.7 Å². The van der Waals surface area contributed by atoms with E-state index in [9.17, 15) is 5.11 Å². The SMILES string of the molecule is CC1CC1C(C)(C)O. The fraction of sp³-hybridized carbons (Fsp3) is 1.00. The molecule has 48 valence electrons. The van der Waals surface area contributed by atoms with Crippen LogP contribution in [0.2, 0.25) is 0 Å². The molecule has 0 aromatic rings. The van der Waals surface area contributed by atoms with Crippen LogP contribution < -0.4 is 0 Å². The number of hydrogen-bond acceptors (Lipinski definition) is 1. The maximum absolute atomic E-state index is 9.33. The molecule has 0 amide bonds. The zero-order chi connectivity index (χ0) is 6.36. The molecule has 2 atom stereocenters. The minimum Gasteiger partial charge on any atom is -0.390 e. The van der Waals surface area contributed by atoms with Gasteiger partial charge in [0.25, 0.3) is 0 Å². The van der Waals surface area contributed by atoms with E-state index in [2.05, 4.69) is 6.92 Å². The maximum atomic E-state index is 9.33. The van der Waals surface area contributed by atoms with Crippen molar-refractivity contribution in [3.63, 3.8) is 0 Å². The van der Waals surface area contributed by atoms with Gasteiger partial charge in [-0.15, -0.1) is 0 Å². The topological polar surface area (TPSA) is 20.2 Å². The predicted octanol–water partition coefficient (Wildman–Crippen LogP) is 1.41. The van der Waals surface area contributed by atoms with Crippen LogP contribution in [0.5, 0.6) is 0 Å². The zero-order valence-corrected chi connectivity index (χ0v) is 5.81. The van der Waals surface area contributed by atoms with E-state index in [1.54, 1.807) is 0 Å². The molecule has 0 saturated heterocycles. The first kappa shape index (κ1) is 6.09. The number of aliphatic hydroxyl groups is 1. The Morgan fingerprint density at radius 3 is 1.88 bits per heavy atom. The molecule has 0 aromatic carbocycles. The largest absolute Gasteiger partial charge is 0.390 e. The molecule has 1 aliphatic carbocycles. The third-order valence-corrected chi connectivity index (χ3v) is 2.02. The Bertz CT molecular complexity index is 91.1. The van der Waals surface area contributed by atoms with E-state index in [0.29, 0.717) is 5.92 Å². The quantitative estimate of drug-likeness (QED) is 0.546. The lowest BCUT2D eigenvalue weighted by atomic mass is 10.0. The second kappa shape index (κ2) is 1.47. The third kappa shape index (κ3) is 1.03. The van der Waals surface area contributed by atoms with E-state index in [1.807, 2.05) is 13.8 Å². The molecule has 0 aromatic heterocycles. The first-order chi connectivity index (χ1) is 3.52. The van der Waals surface area contributed by atoms with Gasteiger partial charge in [0.15, 0.2) is 0 Å². The molecular formula is C7H14O. The first-order valence-electron chi connectivity index (χ1n) is 3.24.